The molecule has 5 aliphatic heterocycles. The molecule has 4 aromatic carbocycles. The van der Waals surface area contributed by atoms with E-state index < -0.39 is 12.1 Å². The quantitative estimate of drug-likeness (QED) is 0.267. The number of rotatable bonds is 5. The smallest absolute Gasteiger partial charge is 0.430 e. The molecule has 11 heteroatoms. The Bertz CT molecular complexity index is 2260. The average Bonchev–Trinajstić information content (AvgIpc) is 3.17. The molecule has 8 nitrogen and oxygen atoms in total. The van der Waals surface area contributed by atoms with E-state index in [1.54, 1.807) is 0 Å². The lowest BCUT2D eigenvalue weighted by molar-refractivity contribution is -0.344. The maximum Gasteiger partial charge on any atom is 0.430 e. The number of carboxylic acid groups (broad SMARTS) is 1. The summed E-state index contributed by atoms with van der Waals surface area (Å²) >= 11 is 0. The highest BCUT2D eigenvalue weighted by atomic mass is 19.4. The number of ether oxygens (including phenoxy) is 1. The molecule has 53 heavy (non-hydrogen) atoms. The first-order valence-corrected chi connectivity index (χ1v) is 18.5. The Balaban J connectivity index is 0.000000523. The Morgan fingerprint density at radius 3 is 2.26 bits per heavy atom. The van der Waals surface area contributed by atoms with Gasteiger partial charge in [-0.15, -0.1) is 0 Å². The second kappa shape index (κ2) is 14.0. The van der Waals surface area contributed by atoms with Gasteiger partial charge in [0.25, 0.3) is 5.91 Å². The first-order valence-electron chi connectivity index (χ1n) is 18.5. The number of nitrogens with zero attached hydrogens (tertiary/aromatic N) is 2. The number of fused-ring (bicyclic) bond motifs is 4. The summed E-state index contributed by atoms with van der Waals surface area (Å²) < 4.78 is 41.3. The van der Waals surface area contributed by atoms with Crippen LogP contribution < -0.4 is 40.9 Å². The largest absolute Gasteiger partial charge is 0.542 e. The van der Waals surface area contributed by atoms with Gasteiger partial charge in [-0.3, -0.25) is 4.79 Å². The monoisotopic (exact) mass is 722 g/mol. The first-order chi connectivity index (χ1) is 25.6. The summed E-state index contributed by atoms with van der Waals surface area (Å²) in [4.78, 5) is 24.9. The lowest BCUT2D eigenvalue weighted by atomic mass is 9.82. The Morgan fingerprint density at radius 1 is 0.849 bits per heavy atom. The summed E-state index contributed by atoms with van der Waals surface area (Å²) in [5.41, 5.74) is 19.2. The summed E-state index contributed by atoms with van der Waals surface area (Å²) in [7, 11) is 0. The maximum atomic E-state index is 13.6. The SMILES string of the molecule is NCc1ccc(CNC(=O)c2cccc(C3=c4cc5c6c(c4Oc4c3cc3c7c4CCCN7CCC3)CCC[N+]=6CCC5)c2)cc1.O=C([O-])C(F)(F)F. The van der Waals surface area contributed by atoms with E-state index in [4.69, 9.17) is 20.4 Å². The van der Waals surface area contributed by atoms with Crippen molar-refractivity contribution < 1.29 is 32.6 Å². The van der Waals surface area contributed by atoms with Crippen LogP contribution in [0.3, 0.4) is 0 Å². The van der Waals surface area contributed by atoms with Gasteiger partial charge in [-0.1, -0.05) is 36.4 Å². The molecule has 0 atom stereocenters. The molecule has 5 heterocycles. The van der Waals surface area contributed by atoms with E-state index in [-0.39, 0.29) is 5.91 Å². The van der Waals surface area contributed by atoms with Crippen LogP contribution in [0.4, 0.5) is 18.9 Å². The molecule has 5 aliphatic rings. The highest BCUT2D eigenvalue weighted by molar-refractivity contribution is 5.96. The van der Waals surface area contributed by atoms with Crippen LogP contribution >= 0.6 is 0 Å². The van der Waals surface area contributed by atoms with E-state index >= 15 is 0 Å². The molecule has 0 radical (unpaired) electrons. The molecule has 1 amide bonds. The predicted molar refractivity (Wildman–Crippen MR) is 193 cm³/mol. The number of aliphatic carboxylic acids is 1. The van der Waals surface area contributed by atoms with Crippen LogP contribution in [-0.4, -0.2) is 44.2 Å². The van der Waals surface area contributed by atoms with Gasteiger partial charge in [0.1, 0.15) is 30.6 Å². The number of nitrogens with one attached hydrogen (secondary N) is 1. The van der Waals surface area contributed by atoms with Crippen molar-refractivity contribution in [3.8, 4) is 11.5 Å². The normalized spacial score (nSPS) is 16.6. The number of anilines is 1. The minimum Gasteiger partial charge on any atom is -0.542 e. The fraction of sp³-hybridized carbons (Fsp3) is 0.357. The third-order valence-corrected chi connectivity index (χ3v) is 11.0. The number of amides is 1. The average molecular weight is 723 g/mol. The summed E-state index contributed by atoms with van der Waals surface area (Å²) in [5.74, 6) is -0.974. The van der Waals surface area contributed by atoms with Gasteiger partial charge in [-0.05, 0) is 85.0 Å². The van der Waals surface area contributed by atoms with Gasteiger partial charge in [0.15, 0.2) is 0 Å². The summed E-state index contributed by atoms with van der Waals surface area (Å²) in [6, 6.07) is 21.2. The van der Waals surface area contributed by atoms with Gasteiger partial charge in [0, 0.05) is 77.8 Å². The summed E-state index contributed by atoms with van der Waals surface area (Å²) in [6.45, 7) is 5.52. The number of benzene rings is 4. The van der Waals surface area contributed by atoms with E-state index in [0.717, 1.165) is 92.9 Å². The molecule has 9 rings (SSSR count). The van der Waals surface area contributed by atoms with Crippen molar-refractivity contribution in [3.63, 3.8) is 0 Å². The molecular weight excluding hydrogens is 681 g/mol. The molecule has 274 valence electrons. The molecule has 0 saturated carbocycles. The molecular formula is C42H41F3N4O4. The molecule has 4 aromatic rings. The Labute approximate surface area is 305 Å². The van der Waals surface area contributed by atoms with E-state index in [2.05, 4.69) is 39.1 Å². The summed E-state index contributed by atoms with van der Waals surface area (Å²) in [6.07, 6.45) is 3.80. The maximum absolute atomic E-state index is 13.6. The molecule has 0 aliphatic carbocycles. The fourth-order valence-corrected chi connectivity index (χ4v) is 8.72. The molecule has 0 bridgehead atoms. The zero-order valence-corrected chi connectivity index (χ0v) is 29.4. The minimum absolute atomic E-state index is 0.0646. The number of hydrogen-bond donors (Lipinski definition) is 2. The third-order valence-electron chi connectivity index (χ3n) is 11.0. The number of halogens is 3. The van der Waals surface area contributed by atoms with Gasteiger partial charge in [0.2, 0.25) is 5.36 Å². The van der Waals surface area contributed by atoms with Crippen molar-refractivity contribution in [1.82, 2.24) is 9.89 Å². The van der Waals surface area contributed by atoms with Crippen LogP contribution in [0.2, 0.25) is 0 Å². The lowest BCUT2D eigenvalue weighted by Gasteiger charge is -2.39. The number of aryl methyl sites for hydroxylation is 2. The Morgan fingerprint density at radius 2 is 1.53 bits per heavy atom. The fourth-order valence-electron chi connectivity index (χ4n) is 8.72. The van der Waals surface area contributed by atoms with Crippen molar-refractivity contribution in [2.24, 2.45) is 5.73 Å². The third kappa shape index (κ3) is 6.56. The molecule has 0 aromatic heterocycles. The van der Waals surface area contributed by atoms with Crippen LogP contribution in [0.15, 0.2) is 60.7 Å². The van der Waals surface area contributed by atoms with Gasteiger partial charge in [-0.2, -0.15) is 13.2 Å². The topological polar surface area (TPSA) is 111 Å². The first kappa shape index (κ1) is 34.9. The molecule has 3 N–H and O–H groups in total. The van der Waals surface area contributed by atoms with Crippen molar-refractivity contribution in [1.29, 1.82) is 0 Å². The Hall–Kier alpha value is -5.16. The Kier molecular flexibility index (Phi) is 9.22. The zero-order chi connectivity index (χ0) is 36.9. The number of alkyl halides is 3. The van der Waals surface area contributed by atoms with Crippen molar-refractivity contribution >= 4 is 23.1 Å². The predicted octanol–water partition coefficient (Wildman–Crippen LogP) is 3.81. The molecule has 0 fully saturated rings. The second-order valence-electron chi connectivity index (χ2n) is 14.4. The summed E-state index contributed by atoms with van der Waals surface area (Å²) in [5, 5.41) is 14.6. The zero-order valence-electron chi connectivity index (χ0n) is 29.4. The number of carbonyl (C=O) groups is 2. The second-order valence-corrected chi connectivity index (χ2v) is 14.4. The number of carboxylic acids is 1. The van der Waals surface area contributed by atoms with E-state index in [1.807, 2.05) is 36.4 Å². The van der Waals surface area contributed by atoms with Crippen LogP contribution in [0, 0.1) is 0 Å². The molecule has 0 spiro atoms. The van der Waals surface area contributed by atoms with Gasteiger partial charge >= 0.3 is 6.18 Å². The van der Waals surface area contributed by atoms with Gasteiger partial charge < -0.3 is 30.6 Å². The minimum atomic E-state index is -5.19. The van der Waals surface area contributed by atoms with Crippen LogP contribution in [0.1, 0.15) is 80.5 Å². The van der Waals surface area contributed by atoms with Crippen LogP contribution in [0.25, 0.3) is 5.57 Å². The van der Waals surface area contributed by atoms with E-state index in [0.29, 0.717) is 18.7 Å². The highest BCUT2D eigenvalue weighted by Gasteiger charge is 2.36. The van der Waals surface area contributed by atoms with E-state index in [1.165, 1.54) is 62.5 Å². The highest BCUT2D eigenvalue weighted by Crippen LogP contribution is 2.48. The number of carbonyl (C=O) groups excluding carboxylic acids is 2. The van der Waals surface area contributed by atoms with Crippen LogP contribution in [-0.2, 0) is 43.6 Å². The standard InChI is InChI=1S/C40H40N4O2.C2HF3O2/c41-23-25-12-14-26(15-13-25)24-42-40(45)30-7-1-6-27(20-30)35-33-21-28-8-2-16-43-18-4-10-31(36(28)43)38(33)46-39-32-11-5-19-44-17-3-9-29(37(32)44)22-34(35)39;3-2(4,5)1(6)7/h1,6-7,12-15,20-22H,2-5,8-11,16-19,23-24,41H2;(H,6,7). The van der Waals surface area contributed by atoms with Gasteiger partial charge in [-0.25, -0.2) is 4.58 Å². The van der Waals surface area contributed by atoms with Crippen molar-refractivity contribution in [2.75, 3.05) is 31.1 Å². The molecule has 0 unspecified atom stereocenters. The lowest BCUT2D eigenvalue weighted by Crippen LogP contribution is -2.45. The molecule has 0 saturated heterocycles. The van der Waals surface area contributed by atoms with Crippen LogP contribution in [0.5, 0.6) is 11.5 Å². The van der Waals surface area contributed by atoms with Crippen molar-refractivity contribution in [2.45, 2.75) is 70.6 Å². The number of hydrogen-bond acceptors (Lipinski definition) is 6. The number of nitrogens with two attached hydrogens (primary N) is 1. The van der Waals surface area contributed by atoms with E-state index in [9.17, 15) is 18.0 Å². The van der Waals surface area contributed by atoms with Gasteiger partial charge in [0.05, 0.1) is 5.56 Å². The van der Waals surface area contributed by atoms with Crippen molar-refractivity contribution in [3.05, 3.63) is 121 Å².